The molecule has 29 heavy (non-hydrogen) atoms. The second kappa shape index (κ2) is 11.4. The molecular weight excluding hydrogens is 362 g/mol. The van der Waals surface area contributed by atoms with Crippen LogP contribution in [0, 0.1) is 17.2 Å². The van der Waals surface area contributed by atoms with Gasteiger partial charge in [0.25, 0.3) is 0 Å². The van der Waals surface area contributed by atoms with Crippen LogP contribution in [0.1, 0.15) is 44.2 Å². The molecule has 1 N–H and O–H groups in total. The Balaban J connectivity index is 1.77. The number of rotatable bonds is 12. The number of nitrogens with one attached hydrogen (secondary N) is 1. The smallest absolute Gasteiger partial charge is 0.160 e. The van der Waals surface area contributed by atoms with Gasteiger partial charge in [0, 0.05) is 12.4 Å². The predicted octanol–water partition coefficient (Wildman–Crippen LogP) is 4.52. The molecule has 0 bridgehead atoms. The summed E-state index contributed by atoms with van der Waals surface area (Å²) in [5.74, 6) is 1.78. The molecule has 1 aromatic carbocycles. The maximum Gasteiger partial charge on any atom is 0.160 e. The van der Waals surface area contributed by atoms with E-state index in [2.05, 4.69) is 36.3 Å². The van der Waals surface area contributed by atoms with E-state index in [9.17, 15) is 5.26 Å². The highest BCUT2D eigenvalue weighted by atomic mass is 16.5. The van der Waals surface area contributed by atoms with Gasteiger partial charge in [-0.3, -0.25) is 4.98 Å². The van der Waals surface area contributed by atoms with Crippen molar-refractivity contribution in [1.82, 2.24) is 10.3 Å². The molecule has 0 aliphatic heterocycles. The lowest BCUT2D eigenvalue weighted by Crippen LogP contribution is -2.32. The number of hydrogen-bond donors (Lipinski definition) is 1. The van der Waals surface area contributed by atoms with E-state index in [-0.39, 0.29) is 5.92 Å². The molecular formula is C24H33N3O2. The first kappa shape index (κ1) is 22.7. The summed E-state index contributed by atoms with van der Waals surface area (Å²) in [5, 5.41) is 13.5. The zero-order valence-electron chi connectivity index (χ0n) is 18.1. The predicted molar refractivity (Wildman–Crippen MR) is 116 cm³/mol. The second-order valence-corrected chi connectivity index (χ2v) is 7.62. The summed E-state index contributed by atoms with van der Waals surface area (Å²) in [6.07, 6.45) is 7.39. The summed E-state index contributed by atoms with van der Waals surface area (Å²) in [5.41, 5.74) is 1.86. The van der Waals surface area contributed by atoms with Gasteiger partial charge in [-0.25, -0.2) is 0 Å². The first-order valence-electron chi connectivity index (χ1n) is 10.3. The van der Waals surface area contributed by atoms with E-state index in [0.717, 1.165) is 55.8 Å². The zero-order valence-corrected chi connectivity index (χ0v) is 18.1. The third kappa shape index (κ3) is 5.95. The first-order chi connectivity index (χ1) is 14.1. The summed E-state index contributed by atoms with van der Waals surface area (Å²) in [6, 6.07) is 12.6. The maximum atomic E-state index is 9.94. The summed E-state index contributed by atoms with van der Waals surface area (Å²) in [6.45, 7) is 6.11. The van der Waals surface area contributed by atoms with E-state index in [1.54, 1.807) is 26.6 Å². The third-order valence-electron chi connectivity index (χ3n) is 5.57. The summed E-state index contributed by atoms with van der Waals surface area (Å²) < 4.78 is 10.6. The number of methoxy groups -OCH3 is 2. The number of aromatic nitrogens is 1. The van der Waals surface area contributed by atoms with Gasteiger partial charge < -0.3 is 14.8 Å². The number of ether oxygens (including phenoxy) is 2. The van der Waals surface area contributed by atoms with E-state index in [0.29, 0.717) is 0 Å². The van der Waals surface area contributed by atoms with Crippen LogP contribution in [0.3, 0.4) is 0 Å². The minimum Gasteiger partial charge on any atom is -0.493 e. The Bertz CT molecular complexity index is 786. The lowest BCUT2D eigenvalue weighted by Gasteiger charge is -2.31. The van der Waals surface area contributed by atoms with Crippen molar-refractivity contribution < 1.29 is 9.47 Å². The van der Waals surface area contributed by atoms with Crippen molar-refractivity contribution >= 4 is 0 Å². The fourth-order valence-electron chi connectivity index (χ4n) is 3.74. The minimum atomic E-state index is -0.454. The molecule has 0 radical (unpaired) electrons. The highest BCUT2D eigenvalue weighted by Crippen LogP contribution is 2.36. The van der Waals surface area contributed by atoms with Gasteiger partial charge in [-0.2, -0.15) is 5.26 Å². The average molecular weight is 396 g/mol. The van der Waals surface area contributed by atoms with Crippen LogP contribution in [-0.4, -0.2) is 32.3 Å². The molecule has 0 saturated heterocycles. The molecule has 0 amide bonds. The number of nitriles is 1. The fourth-order valence-corrected chi connectivity index (χ4v) is 3.74. The van der Waals surface area contributed by atoms with Crippen LogP contribution in [0.15, 0.2) is 42.7 Å². The Kier molecular flexibility index (Phi) is 8.95. The third-order valence-corrected chi connectivity index (χ3v) is 5.57. The summed E-state index contributed by atoms with van der Waals surface area (Å²) >= 11 is 0. The number of benzene rings is 1. The average Bonchev–Trinajstić information content (AvgIpc) is 2.76. The topological polar surface area (TPSA) is 67.2 Å². The Morgan fingerprint density at radius 3 is 2.34 bits per heavy atom. The Morgan fingerprint density at radius 1 is 1.03 bits per heavy atom. The zero-order chi connectivity index (χ0) is 21.1. The van der Waals surface area contributed by atoms with Crippen LogP contribution in [-0.2, 0) is 11.8 Å². The molecule has 2 rings (SSSR count). The lowest BCUT2D eigenvalue weighted by molar-refractivity contribution is 0.354. The van der Waals surface area contributed by atoms with Crippen LogP contribution < -0.4 is 14.8 Å². The van der Waals surface area contributed by atoms with Crippen LogP contribution in [0.2, 0.25) is 0 Å². The van der Waals surface area contributed by atoms with Crippen molar-refractivity contribution in [2.24, 2.45) is 5.92 Å². The van der Waals surface area contributed by atoms with Gasteiger partial charge in [-0.15, -0.1) is 0 Å². The first-order valence-corrected chi connectivity index (χ1v) is 10.3. The van der Waals surface area contributed by atoms with Crippen molar-refractivity contribution in [3.8, 4) is 17.6 Å². The number of hydrogen-bond acceptors (Lipinski definition) is 5. The molecule has 0 fully saturated rings. The normalized spacial score (nSPS) is 13.0. The number of aryl methyl sites for hydroxylation is 1. The van der Waals surface area contributed by atoms with Crippen molar-refractivity contribution in [2.45, 2.75) is 44.9 Å². The van der Waals surface area contributed by atoms with Gasteiger partial charge in [-0.1, -0.05) is 19.9 Å². The van der Waals surface area contributed by atoms with Crippen LogP contribution in [0.25, 0.3) is 0 Å². The molecule has 1 unspecified atom stereocenters. The van der Waals surface area contributed by atoms with Crippen molar-refractivity contribution in [3.05, 3.63) is 53.9 Å². The van der Waals surface area contributed by atoms with E-state index in [4.69, 9.17) is 9.47 Å². The van der Waals surface area contributed by atoms with Gasteiger partial charge in [0.1, 0.15) is 0 Å². The van der Waals surface area contributed by atoms with E-state index < -0.39 is 5.41 Å². The van der Waals surface area contributed by atoms with E-state index >= 15 is 0 Å². The molecule has 0 aliphatic carbocycles. The van der Waals surface area contributed by atoms with Gasteiger partial charge in [0.2, 0.25) is 0 Å². The molecule has 156 valence electrons. The molecule has 5 heteroatoms. The van der Waals surface area contributed by atoms with E-state index in [1.165, 1.54) is 5.56 Å². The summed E-state index contributed by atoms with van der Waals surface area (Å²) in [7, 11) is 3.31. The fraction of sp³-hybridized carbons (Fsp3) is 0.500. The largest absolute Gasteiger partial charge is 0.493 e. The van der Waals surface area contributed by atoms with E-state index in [1.807, 2.05) is 24.3 Å². The van der Waals surface area contributed by atoms with Crippen molar-refractivity contribution in [3.63, 3.8) is 0 Å². The van der Waals surface area contributed by atoms with Gasteiger partial charge >= 0.3 is 0 Å². The molecule has 5 nitrogen and oxygen atoms in total. The molecule has 2 aromatic rings. The Hall–Kier alpha value is -2.58. The van der Waals surface area contributed by atoms with Gasteiger partial charge in [0.05, 0.1) is 25.7 Å². The SMILES string of the molecule is COc1ccc(CCCNCCCC(C#N)(c2ccncc2)C(C)C)cc1OC. The second-order valence-electron chi connectivity index (χ2n) is 7.62. The number of pyridine rings is 1. The highest BCUT2D eigenvalue weighted by molar-refractivity contribution is 5.42. The molecule has 1 atom stereocenters. The number of nitrogens with zero attached hydrogens (tertiary/aromatic N) is 2. The van der Waals surface area contributed by atoms with Crippen LogP contribution >= 0.6 is 0 Å². The van der Waals surface area contributed by atoms with Crippen LogP contribution in [0.4, 0.5) is 0 Å². The highest BCUT2D eigenvalue weighted by Gasteiger charge is 2.35. The molecule has 1 heterocycles. The standard InChI is InChI=1S/C24H33N3O2/c1-19(2)24(18-25,21-10-15-27-16-11-21)12-6-14-26-13-5-7-20-8-9-22(28-3)23(17-20)29-4/h8-11,15-17,19,26H,5-7,12-14H2,1-4H3. The Morgan fingerprint density at radius 2 is 1.72 bits per heavy atom. The van der Waals surface area contributed by atoms with Crippen molar-refractivity contribution in [2.75, 3.05) is 27.3 Å². The Labute approximate surface area is 175 Å². The monoisotopic (exact) mass is 395 g/mol. The molecule has 1 aromatic heterocycles. The molecule has 0 spiro atoms. The van der Waals surface area contributed by atoms with Gasteiger partial charge in [-0.05, 0) is 80.1 Å². The quantitative estimate of drug-likeness (QED) is 0.535. The maximum absolute atomic E-state index is 9.94. The van der Waals surface area contributed by atoms with Crippen LogP contribution in [0.5, 0.6) is 11.5 Å². The van der Waals surface area contributed by atoms with Gasteiger partial charge in [0.15, 0.2) is 11.5 Å². The summed E-state index contributed by atoms with van der Waals surface area (Å²) in [4.78, 5) is 4.09. The molecule has 0 saturated carbocycles. The lowest BCUT2D eigenvalue weighted by atomic mass is 9.70. The minimum absolute atomic E-state index is 0.250. The molecule has 0 aliphatic rings. The van der Waals surface area contributed by atoms with Crippen molar-refractivity contribution in [1.29, 1.82) is 5.26 Å².